The molecule has 0 aliphatic rings. The lowest BCUT2D eigenvalue weighted by Crippen LogP contribution is -2.29. The van der Waals surface area contributed by atoms with Crippen molar-refractivity contribution in [1.29, 1.82) is 0 Å². The van der Waals surface area contributed by atoms with Crippen molar-refractivity contribution in [2.75, 3.05) is 24.2 Å². The minimum atomic E-state index is -4.65. The summed E-state index contributed by atoms with van der Waals surface area (Å²) in [6.07, 6.45) is -4.65. The predicted octanol–water partition coefficient (Wildman–Crippen LogP) is 1.50. The average Bonchev–Trinajstić information content (AvgIpc) is 2.26. The Bertz CT molecular complexity index is 565. The molecule has 11 heteroatoms. The number of nitrogens with one attached hydrogen (secondary N) is 2. The van der Waals surface area contributed by atoms with Gasteiger partial charge in [-0.1, -0.05) is 6.92 Å². The average molecular weight is 333 g/mol. The van der Waals surface area contributed by atoms with Gasteiger partial charge in [-0.15, -0.1) is 0 Å². The highest BCUT2D eigenvalue weighted by molar-refractivity contribution is 7.89. The van der Waals surface area contributed by atoms with E-state index in [-0.39, 0.29) is 24.7 Å². The Morgan fingerprint density at radius 3 is 2.55 bits per heavy atom. The van der Waals surface area contributed by atoms with E-state index in [1.807, 2.05) is 0 Å². The van der Waals surface area contributed by atoms with Crippen LogP contribution >= 0.6 is 11.6 Å². The van der Waals surface area contributed by atoms with Gasteiger partial charge in [0.15, 0.2) is 5.69 Å². The lowest BCUT2D eigenvalue weighted by atomic mass is 10.4. The third-order valence-corrected chi connectivity index (χ3v) is 3.67. The zero-order chi connectivity index (χ0) is 15.4. The first kappa shape index (κ1) is 16.9. The molecule has 1 heterocycles. The van der Waals surface area contributed by atoms with Gasteiger partial charge in [0.05, 0.1) is 5.75 Å². The maximum Gasteiger partial charge on any atom is 0.433 e. The Labute approximate surface area is 118 Å². The van der Waals surface area contributed by atoms with Gasteiger partial charge in [-0.05, 0) is 11.6 Å². The Morgan fingerprint density at radius 1 is 1.35 bits per heavy atom. The molecule has 0 saturated heterocycles. The summed E-state index contributed by atoms with van der Waals surface area (Å²) < 4.78 is 62.3. The van der Waals surface area contributed by atoms with Crippen LogP contribution in [-0.4, -0.2) is 37.2 Å². The number of hydrogen-bond donors (Lipinski definition) is 2. The number of rotatable bonds is 6. The van der Waals surface area contributed by atoms with Gasteiger partial charge in [0.25, 0.3) is 0 Å². The molecule has 0 aromatic carbocycles. The maximum absolute atomic E-state index is 12.5. The van der Waals surface area contributed by atoms with E-state index >= 15 is 0 Å². The van der Waals surface area contributed by atoms with Crippen LogP contribution in [0.2, 0.25) is 5.28 Å². The second-order valence-corrected chi connectivity index (χ2v) is 5.91. The maximum atomic E-state index is 12.5. The van der Waals surface area contributed by atoms with E-state index in [4.69, 9.17) is 11.6 Å². The molecule has 0 fully saturated rings. The molecule has 1 rings (SSSR count). The fourth-order valence-corrected chi connectivity index (χ4v) is 2.40. The normalized spacial score (nSPS) is 12.4. The first-order chi connectivity index (χ1) is 9.14. The molecule has 0 spiro atoms. The fourth-order valence-electron chi connectivity index (χ4n) is 1.26. The number of hydrogen-bond acceptors (Lipinski definition) is 5. The van der Waals surface area contributed by atoms with E-state index in [0.717, 1.165) is 0 Å². The number of halogens is 4. The molecule has 0 bridgehead atoms. The van der Waals surface area contributed by atoms with E-state index in [1.165, 1.54) is 0 Å². The van der Waals surface area contributed by atoms with Crippen LogP contribution in [-0.2, 0) is 16.2 Å². The standard InChI is InChI=1S/C9H12ClF3N4O2S/c1-2-15-20(18,19)4-3-14-7-5-6(9(11,12)13)16-8(10)17-7/h5,15H,2-4H2,1H3,(H,14,16,17). The van der Waals surface area contributed by atoms with Crippen molar-refractivity contribution in [2.45, 2.75) is 13.1 Å². The van der Waals surface area contributed by atoms with Crippen molar-refractivity contribution >= 4 is 27.4 Å². The molecular formula is C9H12ClF3N4O2S. The van der Waals surface area contributed by atoms with Crippen molar-refractivity contribution in [1.82, 2.24) is 14.7 Å². The summed E-state index contributed by atoms with van der Waals surface area (Å²) in [6.45, 7) is 1.74. The molecule has 2 N–H and O–H groups in total. The van der Waals surface area contributed by atoms with Crippen LogP contribution < -0.4 is 10.0 Å². The Morgan fingerprint density at radius 2 is 2.00 bits per heavy atom. The summed E-state index contributed by atoms with van der Waals surface area (Å²) in [4.78, 5) is 6.59. The zero-order valence-electron chi connectivity index (χ0n) is 10.3. The van der Waals surface area contributed by atoms with Gasteiger partial charge in [0.1, 0.15) is 5.82 Å². The quantitative estimate of drug-likeness (QED) is 0.771. The number of nitrogens with zero attached hydrogens (tertiary/aromatic N) is 2. The fraction of sp³-hybridized carbons (Fsp3) is 0.556. The van der Waals surface area contributed by atoms with Crippen molar-refractivity contribution in [2.24, 2.45) is 0 Å². The summed E-state index contributed by atoms with van der Waals surface area (Å²) in [6, 6.07) is 0.658. The van der Waals surface area contributed by atoms with Crippen LogP contribution in [0.1, 0.15) is 12.6 Å². The summed E-state index contributed by atoms with van der Waals surface area (Å²) in [5.41, 5.74) is -1.20. The van der Waals surface area contributed by atoms with Crippen LogP contribution in [0.5, 0.6) is 0 Å². The Kier molecular flexibility index (Phi) is 5.54. The van der Waals surface area contributed by atoms with Crippen molar-refractivity contribution in [3.63, 3.8) is 0 Å². The minimum absolute atomic E-state index is 0.111. The lowest BCUT2D eigenvalue weighted by Gasteiger charge is -2.10. The van der Waals surface area contributed by atoms with Crippen molar-refractivity contribution in [3.8, 4) is 0 Å². The van der Waals surface area contributed by atoms with E-state index < -0.39 is 27.2 Å². The molecule has 0 unspecified atom stereocenters. The van der Waals surface area contributed by atoms with Gasteiger partial charge < -0.3 is 5.32 Å². The molecular weight excluding hydrogens is 321 g/mol. The number of anilines is 1. The number of aromatic nitrogens is 2. The third kappa shape index (κ3) is 5.47. The van der Waals surface area contributed by atoms with Gasteiger partial charge in [-0.25, -0.2) is 23.1 Å². The molecule has 1 aromatic rings. The Balaban J connectivity index is 2.72. The highest BCUT2D eigenvalue weighted by atomic mass is 35.5. The van der Waals surface area contributed by atoms with Crippen LogP contribution in [0.3, 0.4) is 0 Å². The molecule has 0 aliphatic heterocycles. The molecule has 20 heavy (non-hydrogen) atoms. The third-order valence-electron chi connectivity index (χ3n) is 2.03. The highest BCUT2D eigenvalue weighted by Gasteiger charge is 2.33. The smallest absolute Gasteiger partial charge is 0.369 e. The molecule has 6 nitrogen and oxygen atoms in total. The zero-order valence-corrected chi connectivity index (χ0v) is 11.9. The molecule has 0 saturated carbocycles. The first-order valence-electron chi connectivity index (χ1n) is 5.47. The largest absolute Gasteiger partial charge is 0.433 e. The topological polar surface area (TPSA) is 84.0 Å². The second kappa shape index (κ2) is 6.55. The SMILES string of the molecule is CCNS(=O)(=O)CCNc1cc(C(F)(F)F)nc(Cl)n1. The molecule has 114 valence electrons. The van der Waals surface area contributed by atoms with Crippen LogP contribution in [0.25, 0.3) is 0 Å². The first-order valence-corrected chi connectivity index (χ1v) is 7.50. The summed E-state index contributed by atoms with van der Waals surface area (Å²) in [7, 11) is -3.46. The lowest BCUT2D eigenvalue weighted by molar-refractivity contribution is -0.141. The molecule has 1 aromatic heterocycles. The van der Waals surface area contributed by atoms with Crippen molar-refractivity contribution < 1.29 is 21.6 Å². The van der Waals surface area contributed by atoms with E-state index in [9.17, 15) is 21.6 Å². The Hall–Kier alpha value is -1.13. The summed E-state index contributed by atoms with van der Waals surface area (Å²) in [5, 5.41) is 1.89. The van der Waals surface area contributed by atoms with E-state index in [0.29, 0.717) is 6.07 Å². The molecule has 0 amide bonds. The summed E-state index contributed by atoms with van der Waals surface area (Å²) in [5.74, 6) is -0.492. The minimum Gasteiger partial charge on any atom is -0.369 e. The van der Waals surface area contributed by atoms with E-state index in [2.05, 4.69) is 20.0 Å². The van der Waals surface area contributed by atoms with Crippen LogP contribution in [0.15, 0.2) is 6.07 Å². The highest BCUT2D eigenvalue weighted by Crippen LogP contribution is 2.29. The summed E-state index contributed by atoms with van der Waals surface area (Å²) >= 11 is 5.38. The number of sulfonamides is 1. The molecule has 0 aliphatic carbocycles. The number of alkyl halides is 3. The van der Waals surface area contributed by atoms with Crippen LogP contribution in [0, 0.1) is 0 Å². The van der Waals surface area contributed by atoms with Gasteiger partial charge in [-0.3, -0.25) is 0 Å². The van der Waals surface area contributed by atoms with E-state index in [1.54, 1.807) is 6.92 Å². The van der Waals surface area contributed by atoms with Crippen LogP contribution in [0.4, 0.5) is 19.0 Å². The predicted molar refractivity (Wildman–Crippen MR) is 68.0 cm³/mol. The molecule has 0 atom stereocenters. The van der Waals surface area contributed by atoms with Gasteiger partial charge in [0, 0.05) is 19.2 Å². The van der Waals surface area contributed by atoms with Gasteiger partial charge in [-0.2, -0.15) is 13.2 Å². The second-order valence-electron chi connectivity index (χ2n) is 3.65. The van der Waals surface area contributed by atoms with Crippen molar-refractivity contribution in [3.05, 3.63) is 17.0 Å². The van der Waals surface area contributed by atoms with Gasteiger partial charge in [0.2, 0.25) is 15.3 Å². The monoisotopic (exact) mass is 332 g/mol. The van der Waals surface area contributed by atoms with Gasteiger partial charge >= 0.3 is 6.18 Å². The molecule has 0 radical (unpaired) electrons.